The monoisotopic (exact) mass is 268 g/mol. The average Bonchev–Trinajstić information content (AvgIpc) is 2.98. The molecule has 2 rings (SSSR count). The van der Waals surface area contributed by atoms with Crippen LogP contribution in [-0.4, -0.2) is 30.3 Å². The third-order valence-electron chi connectivity index (χ3n) is 3.48. The van der Waals surface area contributed by atoms with Crippen LogP contribution in [-0.2, 0) is 11.2 Å². The molecule has 2 heterocycles. The summed E-state index contributed by atoms with van der Waals surface area (Å²) < 4.78 is 5.69. The summed E-state index contributed by atoms with van der Waals surface area (Å²) in [6, 6.07) is 0.542. The van der Waals surface area contributed by atoms with Gasteiger partial charge in [0.15, 0.2) is 0 Å². The SMILES string of the molecule is CCNC(CCC1CCCO1)Cc1csc(C)n1. The van der Waals surface area contributed by atoms with Crippen molar-refractivity contribution in [3.8, 4) is 0 Å². The van der Waals surface area contributed by atoms with E-state index in [1.807, 2.05) is 0 Å². The van der Waals surface area contributed by atoms with E-state index in [0.29, 0.717) is 12.1 Å². The summed E-state index contributed by atoms with van der Waals surface area (Å²) in [4.78, 5) is 4.56. The zero-order chi connectivity index (χ0) is 12.8. The second kappa shape index (κ2) is 7.22. The predicted octanol–water partition coefficient (Wildman–Crippen LogP) is 2.93. The molecular formula is C14H24N2OS. The van der Waals surface area contributed by atoms with Crippen molar-refractivity contribution >= 4 is 11.3 Å². The molecule has 1 N–H and O–H groups in total. The number of thiazole rings is 1. The van der Waals surface area contributed by atoms with Crippen molar-refractivity contribution in [3.63, 3.8) is 0 Å². The van der Waals surface area contributed by atoms with Crippen molar-refractivity contribution in [2.45, 2.75) is 58.1 Å². The Morgan fingerprint density at radius 1 is 1.61 bits per heavy atom. The highest BCUT2D eigenvalue weighted by Crippen LogP contribution is 2.19. The van der Waals surface area contributed by atoms with Crippen LogP contribution < -0.4 is 5.32 Å². The lowest BCUT2D eigenvalue weighted by atomic mass is 10.0. The van der Waals surface area contributed by atoms with E-state index in [4.69, 9.17) is 4.74 Å². The highest BCUT2D eigenvalue weighted by atomic mass is 32.1. The summed E-state index contributed by atoms with van der Waals surface area (Å²) in [5.41, 5.74) is 1.23. The summed E-state index contributed by atoms with van der Waals surface area (Å²) >= 11 is 1.74. The number of nitrogens with one attached hydrogen (secondary N) is 1. The zero-order valence-electron chi connectivity index (χ0n) is 11.4. The standard InChI is InChI=1S/C14H24N2OS/c1-3-15-12(6-7-14-5-4-8-17-14)9-13-10-18-11(2)16-13/h10,12,14-15H,3-9H2,1-2H3. The van der Waals surface area contributed by atoms with Crippen LogP contribution in [0.5, 0.6) is 0 Å². The highest BCUT2D eigenvalue weighted by molar-refractivity contribution is 7.09. The van der Waals surface area contributed by atoms with Crippen LogP contribution >= 0.6 is 11.3 Å². The van der Waals surface area contributed by atoms with Crippen LogP contribution in [0.15, 0.2) is 5.38 Å². The number of aromatic nitrogens is 1. The fraction of sp³-hybridized carbons (Fsp3) is 0.786. The molecule has 4 heteroatoms. The van der Waals surface area contributed by atoms with Gasteiger partial charge in [0, 0.05) is 24.4 Å². The molecule has 1 aromatic rings. The largest absolute Gasteiger partial charge is 0.378 e. The molecule has 102 valence electrons. The first-order chi connectivity index (χ1) is 8.78. The highest BCUT2D eigenvalue weighted by Gasteiger charge is 2.18. The molecular weight excluding hydrogens is 244 g/mol. The molecule has 0 saturated carbocycles. The van der Waals surface area contributed by atoms with Gasteiger partial charge in [0.05, 0.1) is 16.8 Å². The topological polar surface area (TPSA) is 34.1 Å². The van der Waals surface area contributed by atoms with Crippen LogP contribution in [0.1, 0.15) is 43.3 Å². The molecule has 1 aromatic heterocycles. The Morgan fingerprint density at radius 3 is 3.11 bits per heavy atom. The van der Waals surface area contributed by atoms with Gasteiger partial charge in [-0.2, -0.15) is 0 Å². The van der Waals surface area contributed by atoms with Gasteiger partial charge in [0.1, 0.15) is 0 Å². The first-order valence-electron chi connectivity index (χ1n) is 7.04. The first kappa shape index (κ1) is 14.0. The van der Waals surface area contributed by atoms with Crippen molar-refractivity contribution in [3.05, 3.63) is 16.1 Å². The van der Waals surface area contributed by atoms with Gasteiger partial charge in [-0.25, -0.2) is 4.98 Å². The quantitative estimate of drug-likeness (QED) is 0.825. The van der Waals surface area contributed by atoms with E-state index < -0.39 is 0 Å². The Hall–Kier alpha value is -0.450. The summed E-state index contributed by atoms with van der Waals surface area (Å²) in [7, 11) is 0. The summed E-state index contributed by atoms with van der Waals surface area (Å²) in [5.74, 6) is 0. The second-order valence-electron chi connectivity index (χ2n) is 5.03. The lowest BCUT2D eigenvalue weighted by molar-refractivity contribution is 0.0996. The molecule has 2 unspecified atom stereocenters. The van der Waals surface area contributed by atoms with E-state index in [1.165, 1.54) is 36.4 Å². The second-order valence-corrected chi connectivity index (χ2v) is 6.09. The Kier molecular flexibility index (Phi) is 5.60. The fourth-order valence-electron chi connectivity index (χ4n) is 2.58. The maximum absolute atomic E-state index is 5.69. The molecule has 1 aliphatic heterocycles. The molecule has 1 aliphatic rings. The molecule has 0 amide bonds. The number of aryl methyl sites for hydroxylation is 1. The lowest BCUT2D eigenvalue weighted by Gasteiger charge is -2.18. The fourth-order valence-corrected chi connectivity index (χ4v) is 3.20. The van der Waals surface area contributed by atoms with Gasteiger partial charge < -0.3 is 10.1 Å². The molecule has 18 heavy (non-hydrogen) atoms. The number of likely N-dealkylation sites (N-methyl/N-ethyl adjacent to an activating group) is 1. The van der Waals surface area contributed by atoms with E-state index in [2.05, 4.69) is 29.5 Å². The van der Waals surface area contributed by atoms with E-state index >= 15 is 0 Å². The first-order valence-corrected chi connectivity index (χ1v) is 7.92. The lowest BCUT2D eigenvalue weighted by Crippen LogP contribution is -2.32. The van der Waals surface area contributed by atoms with Crippen molar-refractivity contribution in [1.82, 2.24) is 10.3 Å². The Bertz CT molecular complexity index is 347. The van der Waals surface area contributed by atoms with Gasteiger partial charge in [0.2, 0.25) is 0 Å². The summed E-state index contributed by atoms with van der Waals surface area (Å²) in [6.07, 6.45) is 6.40. The number of ether oxygens (including phenoxy) is 1. The predicted molar refractivity (Wildman–Crippen MR) is 76.2 cm³/mol. The van der Waals surface area contributed by atoms with Crippen LogP contribution in [0.25, 0.3) is 0 Å². The number of rotatable bonds is 7. The Morgan fingerprint density at radius 2 is 2.50 bits per heavy atom. The van der Waals surface area contributed by atoms with Gasteiger partial charge in [-0.05, 0) is 39.2 Å². The smallest absolute Gasteiger partial charge is 0.0897 e. The third kappa shape index (κ3) is 4.34. The van der Waals surface area contributed by atoms with Crippen molar-refractivity contribution in [2.75, 3.05) is 13.2 Å². The van der Waals surface area contributed by atoms with Crippen molar-refractivity contribution in [1.29, 1.82) is 0 Å². The maximum atomic E-state index is 5.69. The molecule has 0 aliphatic carbocycles. The number of nitrogens with zero attached hydrogens (tertiary/aromatic N) is 1. The summed E-state index contributed by atoms with van der Waals surface area (Å²) in [5, 5.41) is 6.93. The van der Waals surface area contributed by atoms with Crippen molar-refractivity contribution in [2.24, 2.45) is 0 Å². The minimum absolute atomic E-state index is 0.503. The Labute approximate surface area is 114 Å². The van der Waals surface area contributed by atoms with Crippen LogP contribution in [0.2, 0.25) is 0 Å². The summed E-state index contributed by atoms with van der Waals surface area (Å²) in [6.45, 7) is 6.23. The average molecular weight is 268 g/mol. The Balaban J connectivity index is 1.79. The van der Waals surface area contributed by atoms with Gasteiger partial charge in [-0.3, -0.25) is 0 Å². The molecule has 2 atom stereocenters. The molecule has 0 spiro atoms. The molecule has 3 nitrogen and oxygen atoms in total. The van der Waals surface area contributed by atoms with Crippen molar-refractivity contribution < 1.29 is 4.74 Å². The van der Waals surface area contributed by atoms with E-state index in [1.54, 1.807) is 11.3 Å². The van der Waals surface area contributed by atoms with Crippen LogP contribution in [0.4, 0.5) is 0 Å². The van der Waals surface area contributed by atoms with Gasteiger partial charge in [-0.15, -0.1) is 11.3 Å². The molecule has 0 bridgehead atoms. The molecule has 0 radical (unpaired) electrons. The number of hydrogen-bond donors (Lipinski definition) is 1. The molecule has 1 saturated heterocycles. The van der Waals surface area contributed by atoms with Crippen LogP contribution in [0, 0.1) is 6.92 Å². The van der Waals surface area contributed by atoms with E-state index in [0.717, 1.165) is 19.6 Å². The van der Waals surface area contributed by atoms with Gasteiger partial charge >= 0.3 is 0 Å². The van der Waals surface area contributed by atoms with Gasteiger partial charge in [0.25, 0.3) is 0 Å². The third-order valence-corrected chi connectivity index (χ3v) is 4.30. The van der Waals surface area contributed by atoms with E-state index in [9.17, 15) is 0 Å². The molecule has 0 aromatic carbocycles. The van der Waals surface area contributed by atoms with Crippen LogP contribution in [0.3, 0.4) is 0 Å². The minimum atomic E-state index is 0.503. The molecule has 1 fully saturated rings. The minimum Gasteiger partial charge on any atom is -0.378 e. The zero-order valence-corrected chi connectivity index (χ0v) is 12.3. The van der Waals surface area contributed by atoms with E-state index in [-0.39, 0.29) is 0 Å². The van der Waals surface area contributed by atoms with Gasteiger partial charge in [-0.1, -0.05) is 6.92 Å². The maximum Gasteiger partial charge on any atom is 0.0897 e. The number of hydrogen-bond acceptors (Lipinski definition) is 4. The normalized spacial score (nSPS) is 21.3.